The van der Waals surface area contributed by atoms with E-state index in [2.05, 4.69) is 59.1 Å². The zero-order chi connectivity index (χ0) is 18.3. The van der Waals surface area contributed by atoms with E-state index in [1.165, 1.54) is 0 Å². The minimum Gasteiger partial charge on any atom is -0.365 e. The molecule has 136 valence electrons. The Labute approximate surface area is 159 Å². The Balaban J connectivity index is 1.56. The molecule has 2 aliphatic carbocycles. The molecule has 1 fully saturated rings. The quantitative estimate of drug-likeness (QED) is 0.644. The number of aryl methyl sites for hydroxylation is 1. The highest BCUT2D eigenvalue weighted by molar-refractivity contribution is 9.10. The van der Waals surface area contributed by atoms with E-state index in [0.29, 0.717) is 17.7 Å². The fourth-order valence-electron chi connectivity index (χ4n) is 3.84. The fourth-order valence-corrected chi connectivity index (χ4v) is 4.15. The van der Waals surface area contributed by atoms with Crippen LogP contribution in [0.15, 0.2) is 35.2 Å². The van der Waals surface area contributed by atoms with Gasteiger partial charge in [-0.2, -0.15) is 10.1 Å². The molecule has 2 heterocycles. The van der Waals surface area contributed by atoms with Crippen molar-refractivity contribution in [3.8, 4) is 0 Å². The number of anilines is 3. The predicted molar refractivity (Wildman–Crippen MR) is 102 cm³/mol. The summed E-state index contributed by atoms with van der Waals surface area (Å²) in [5.74, 6) is 1.74. The van der Waals surface area contributed by atoms with Gasteiger partial charge in [-0.05, 0) is 34.2 Å². The molecule has 26 heavy (non-hydrogen) atoms. The largest absolute Gasteiger partial charge is 0.365 e. The third kappa shape index (κ3) is 3.07. The lowest BCUT2D eigenvalue weighted by molar-refractivity contribution is -0.125. The summed E-state index contributed by atoms with van der Waals surface area (Å²) in [5.41, 5.74) is 0.812. The first kappa shape index (κ1) is 17.0. The highest BCUT2D eigenvalue weighted by atomic mass is 79.9. The highest BCUT2D eigenvalue weighted by Gasteiger charge is 2.48. The number of hydrogen-bond acceptors (Lipinski definition) is 6. The van der Waals surface area contributed by atoms with Crippen LogP contribution in [0.2, 0.25) is 0 Å². The minimum atomic E-state index is -0.0911. The van der Waals surface area contributed by atoms with Crippen molar-refractivity contribution in [1.82, 2.24) is 25.1 Å². The number of nitrogens with one attached hydrogen (secondary N) is 3. The third-order valence-electron chi connectivity index (χ3n) is 5.02. The second-order valence-corrected chi connectivity index (χ2v) is 7.53. The number of amides is 1. The van der Waals surface area contributed by atoms with E-state index in [1.807, 2.05) is 13.2 Å². The Hall–Kier alpha value is -2.42. The van der Waals surface area contributed by atoms with Gasteiger partial charge in [-0.1, -0.05) is 12.2 Å². The maximum absolute atomic E-state index is 12.3. The van der Waals surface area contributed by atoms with Crippen molar-refractivity contribution >= 4 is 39.3 Å². The number of aromatic nitrogens is 4. The summed E-state index contributed by atoms with van der Waals surface area (Å²) in [6, 6.07) is 0.0161. The molecule has 1 amide bonds. The Kier molecular flexibility index (Phi) is 4.39. The first-order chi connectivity index (χ1) is 12.5. The van der Waals surface area contributed by atoms with E-state index in [1.54, 1.807) is 24.1 Å². The van der Waals surface area contributed by atoms with Gasteiger partial charge < -0.3 is 16.0 Å². The number of rotatable bonds is 5. The van der Waals surface area contributed by atoms with E-state index in [4.69, 9.17) is 0 Å². The van der Waals surface area contributed by atoms with E-state index in [9.17, 15) is 4.79 Å². The van der Waals surface area contributed by atoms with Gasteiger partial charge in [-0.3, -0.25) is 9.48 Å². The molecule has 1 saturated carbocycles. The van der Waals surface area contributed by atoms with Gasteiger partial charge in [-0.25, -0.2) is 4.98 Å². The normalized spacial score (nSPS) is 26.1. The van der Waals surface area contributed by atoms with Crippen LogP contribution in [0.3, 0.4) is 0 Å². The molecule has 4 rings (SSSR count). The van der Waals surface area contributed by atoms with E-state index < -0.39 is 0 Å². The Morgan fingerprint density at radius 3 is 2.85 bits per heavy atom. The fraction of sp³-hybridized carbons (Fsp3) is 0.412. The highest BCUT2D eigenvalue weighted by Crippen LogP contribution is 2.45. The molecule has 9 heteroatoms. The molecule has 0 aromatic carbocycles. The topological polar surface area (TPSA) is 96.8 Å². The van der Waals surface area contributed by atoms with Gasteiger partial charge in [0.1, 0.15) is 5.82 Å². The maximum Gasteiger partial charge on any atom is 0.229 e. The van der Waals surface area contributed by atoms with Crippen LogP contribution in [-0.4, -0.2) is 38.7 Å². The zero-order valence-electron chi connectivity index (χ0n) is 14.5. The number of carbonyl (C=O) groups is 1. The molecule has 0 radical (unpaired) electrons. The molecule has 0 aliphatic heterocycles. The standard InChI is InChI=1S/C17H20BrN7O/c1-19-16(26)13-9-3-4-10(5-9)14(13)23-15-12(18)7-20-17(24-15)22-11-6-21-25(2)8-11/h3-4,6-10,13-14H,5H2,1-2H3,(H,19,26)(H2,20,22,23,24)/t9-,10+,13+,14-/m1/s1. The lowest BCUT2D eigenvalue weighted by Crippen LogP contribution is -2.42. The van der Waals surface area contributed by atoms with Crippen LogP contribution >= 0.6 is 15.9 Å². The summed E-state index contributed by atoms with van der Waals surface area (Å²) in [5, 5.41) is 13.5. The first-order valence-corrected chi connectivity index (χ1v) is 9.29. The lowest BCUT2D eigenvalue weighted by atomic mass is 9.88. The van der Waals surface area contributed by atoms with Gasteiger partial charge in [0.2, 0.25) is 11.9 Å². The van der Waals surface area contributed by atoms with Gasteiger partial charge in [0.05, 0.1) is 22.3 Å². The number of halogens is 1. The number of fused-ring (bicyclic) bond motifs is 2. The van der Waals surface area contributed by atoms with Crippen LogP contribution < -0.4 is 16.0 Å². The smallest absolute Gasteiger partial charge is 0.229 e. The molecule has 8 nitrogen and oxygen atoms in total. The lowest BCUT2D eigenvalue weighted by Gasteiger charge is -2.28. The van der Waals surface area contributed by atoms with Crippen LogP contribution in [0, 0.1) is 17.8 Å². The van der Waals surface area contributed by atoms with Crippen molar-refractivity contribution in [3.63, 3.8) is 0 Å². The van der Waals surface area contributed by atoms with Crippen LogP contribution in [0.25, 0.3) is 0 Å². The molecular weight excluding hydrogens is 398 g/mol. The van der Waals surface area contributed by atoms with E-state index >= 15 is 0 Å². The second-order valence-electron chi connectivity index (χ2n) is 6.68. The molecule has 0 spiro atoms. The zero-order valence-corrected chi connectivity index (χ0v) is 16.1. The maximum atomic E-state index is 12.3. The van der Waals surface area contributed by atoms with Crippen molar-refractivity contribution in [2.45, 2.75) is 12.5 Å². The molecule has 2 aliphatic rings. The summed E-state index contributed by atoms with van der Waals surface area (Å²) in [7, 11) is 3.54. The van der Waals surface area contributed by atoms with Gasteiger partial charge in [0.25, 0.3) is 0 Å². The van der Waals surface area contributed by atoms with Crippen LogP contribution in [0.1, 0.15) is 6.42 Å². The van der Waals surface area contributed by atoms with Crippen molar-refractivity contribution in [2.24, 2.45) is 24.8 Å². The molecule has 2 aromatic heterocycles. The summed E-state index contributed by atoms with van der Waals surface area (Å²) in [6.45, 7) is 0. The van der Waals surface area contributed by atoms with Crippen LogP contribution in [-0.2, 0) is 11.8 Å². The Bertz CT molecular complexity index is 865. The van der Waals surface area contributed by atoms with Crippen molar-refractivity contribution in [2.75, 3.05) is 17.7 Å². The molecule has 2 bridgehead atoms. The van der Waals surface area contributed by atoms with Crippen molar-refractivity contribution < 1.29 is 4.79 Å². The summed E-state index contributed by atoms with van der Waals surface area (Å²) in [4.78, 5) is 21.2. The molecule has 2 aromatic rings. The monoisotopic (exact) mass is 417 g/mol. The molecular formula is C17H20BrN7O. The van der Waals surface area contributed by atoms with Crippen LogP contribution in [0.4, 0.5) is 17.5 Å². The number of nitrogens with zero attached hydrogens (tertiary/aromatic N) is 4. The number of hydrogen-bond donors (Lipinski definition) is 3. The van der Waals surface area contributed by atoms with Crippen LogP contribution in [0.5, 0.6) is 0 Å². The summed E-state index contributed by atoms with van der Waals surface area (Å²) >= 11 is 3.50. The average Bonchev–Trinajstić information content (AvgIpc) is 3.33. The number of carbonyl (C=O) groups excluding carboxylic acids is 1. The molecule has 0 unspecified atom stereocenters. The molecule has 0 saturated heterocycles. The second kappa shape index (κ2) is 6.71. The summed E-state index contributed by atoms with van der Waals surface area (Å²) < 4.78 is 2.47. The van der Waals surface area contributed by atoms with E-state index in [-0.39, 0.29) is 23.8 Å². The van der Waals surface area contributed by atoms with Gasteiger partial charge >= 0.3 is 0 Å². The molecule has 3 N–H and O–H groups in total. The van der Waals surface area contributed by atoms with E-state index in [0.717, 1.165) is 16.6 Å². The van der Waals surface area contributed by atoms with Gasteiger partial charge in [0.15, 0.2) is 0 Å². The third-order valence-corrected chi connectivity index (χ3v) is 5.60. The molecule has 4 atom stereocenters. The van der Waals surface area contributed by atoms with Gasteiger partial charge in [-0.15, -0.1) is 0 Å². The van der Waals surface area contributed by atoms with Crippen molar-refractivity contribution in [1.29, 1.82) is 0 Å². The predicted octanol–water partition coefficient (Wildman–Crippen LogP) is 2.06. The van der Waals surface area contributed by atoms with Gasteiger partial charge in [0, 0.05) is 32.5 Å². The summed E-state index contributed by atoms with van der Waals surface area (Å²) in [6.07, 6.45) is 10.6. The first-order valence-electron chi connectivity index (χ1n) is 8.50. The average molecular weight is 418 g/mol. The Morgan fingerprint density at radius 2 is 2.12 bits per heavy atom. The number of allylic oxidation sites excluding steroid dienone is 1. The minimum absolute atomic E-state index is 0.0161. The SMILES string of the molecule is CNC(=O)[C@@H]1[C@H](Nc2nc(Nc3cnn(C)c3)ncc2Br)[C@H]2C=C[C@@H]1C2. The Morgan fingerprint density at radius 1 is 1.31 bits per heavy atom. The van der Waals surface area contributed by atoms with Crippen molar-refractivity contribution in [3.05, 3.63) is 35.2 Å².